The van der Waals surface area contributed by atoms with E-state index in [1.165, 1.54) is 217 Å². The summed E-state index contributed by atoms with van der Waals surface area (Å²) < 4.78 is 15.8. The molecule has 4 unspecified atom stereocenters. The number of carbonyl (C=O) groups is 5. The van der Waals surface area contributed by atoms with E-state index in [4.69, 9.17) is 52.8 Å². The zero-order valence-corrected chi connectivity index (χ0v) is 90.9. The highest BCUT2D eigenvalue weighted by atomic mass is 28.3. The average Bonchev–Trinajstić information content (AvgIpc) is 0.681. The second-order valence-corrected chi connectivity index (χ2v) is 62.7. The first kappa shape index (κ1) is 101. The van der Waals surface area contributed by atoms with Crippen LogP contribution in [-0.4, -0.2) is 69.1 Å². The molecule has 36 aliphatic rings. The van der Waals surface area contributed by atoms with Crippen molar-refractivity contribution in [2.75, 3.05) is 26.4 Å². The van der Waals surface area contributed by atoms with E-state index >= 15 is 0 Å². The summed E-state index contributed by atoms with van der Waals surface area (Å²) in [5.41, 5.74) is 7.96. The van der Waals surface area contributed by atoms with Gasteiger partial charge in [-0.2, -0.15) is 0 Å². The van der Waals surface area contributed by atoms with Crippen molar-refractivity contribution in [3.05, 3.63) is 71.3 Å². The third-order valence-corrected chi connectivity index (χ3v) is 51.7. The normalized spacial score (nSPS) is 46.1. The minimum Gasteiger partial charge on any atom is -0.456 e. The fraction of sp³-hybridized carbons (Fsp3) is 0.699. The summed E-state index contributed by atoms with van der Waals surface area (Å²) in [4.78, 5) is 60.5. The molecule has 2 aromatic carbocycles. The van der Waals surface area contributed by atoms with Gasteiger partial charge in [0.1, 0.15) is 8.07 Å². The number of aliphatic hydroxyl groups is 1. The maximum atomic E-state index is 12.8. The summed E-state index contributed by atoms with van der Waals surface area (Å²) in [5, 5.41) is 12.7. The number of hydrogen-bond donors (Lipinski definition) is 2. The van der Waals surface area contributed by atoms with Crippen LogP contribution in [0.2, 0.25) is 18.1 Å². The quantitative estimate of drug-likeness (QED) is 0.0452. The Kier molecular flexibility index (Phi) is 25.3. The van der Waals surface area contributed by atoms with E-state index in [1.54, 1.807) is 12.1 Å². The molecule has 2 N–H and O–H groups in total. The van der Waals surface area contributed by atoms with Crippen molar-refractivity contribution in [1.82, 2.24) is 5.32 Å². The topological polar surface area (TPSA) is 145 Å². The highest BCUT2D eigenvalue weighted by Crippen LogP contribution is 2.82. The van der Waals surface area contributed by atoms with Crippen molar-refractivity contribution in [3.8, 4) is 145 Å². The molecule has 11 heteroatoms. The van der Waals surface area contributed by atoms with Crippen LogP contribution in [0.1, 0.15) is 308 Å². The Hall–Kier alpha value is -9.11. The van der Waals surface area contributed by atoms with E-state index in [-0.39, 0.29) is 101 Å². The summed E-state index contributed by atoms with van der Waals surface area (Å²) in [5.74, 6) is 76.9. The van der Waals surface area contributed by atoms with Gasteiger partial charge in [0.25, 0.3) is 5.91 Å². The van der Waals surface area contributed by atoms with Crippen LogP contribution >= 0.6 is 0 Å². The van der Waals surface area contributed by atoms with E-state index in [9.17, 15) is 29.1 Å². The highest BCUT2D eigenvalue weighted by molar-refractivity contribution is 6.87. The second-order valence-electron chi connectivity index (χ2n) is 57.7. The zero-order chi connectivity index (χ0) is 103. The van der Waals surface area contributed by atoms with Crippen LogP contribution in [0.15, 0.2) is 54.6 Å². The molecule has 0 heterocycles. The van der Waals surface area contributed by atoms with Gasteiger partial charge >= 0.3 is 17.9 Å². The number of ketones is 1. The van der Waals surface area contributed by atoms with Gasteiger partial charge in [0, 0.05) is 101 Å². The molecule has 0 spiro atoms. The molecule has 1 amide bonds. The first-order valence-corrected chi connectivity index (χ1v) is 61.4. The molecular weight excluding hydrogens is 1820 g/mol. The predicted molar refractivity (Wildman–Crippen MR) is 578 cm³/mol. The maximum absolute atomic E-state index is 12.8. The average molecular weight is 1980 g/mol. The third-order valence-electron chi connectivity index (χ3n) is 47.2. The van der Waals surface area contributed by atoms with E-state index in [2.05, 4.69) is 158 Å². The van der Waals surface area contributed by atoms with E-state index < -0.39 is 8.07 Å². The lowest BCUT2D eigenvalue weighted by atomic mass is 9.31. The molecule has 36 aliphatic carbocycles. The number of esters is 3. The van der Waals surface area contributed by atoms with Gasteiger partial charge in [0.15, 0.2) is 0 Å². The molecule has 0 aromatic heterocycles. The Labute approximate surface area is 882 Å². The second kappa shape index (κ2) is 36.9. The van der Waals surface area contributed by atoms with Crippen LogP contribution in [0, 0.1) is 387 Å². The fourth-order valence-corrected chi connectivity index (χ4v) is 43.2. The summed E-state index contributed by atoms with van der Waals surface area (Å²) in [6, 6.07) is 17.4. The lowest BCUT2D eigenvalue weighted by Gasteiger charge is -2.73. The van der Waals surface area contributed by atoms with Gasteiger partial charge in [-0.05, 0) is 450 Å². The largest absolute Gasteiger partial charge is 0.456 e. The first-order chi connectivity index (χ1) is 70.2. The lowest BCUT2D eigenvalue weighted by molar-refractivity contribution is -0.233. The summed E-state index contributed by atoms with van der Waals surface area (Å²) in [7, 11) is -1.50. The SMILES string of the molecule is C#CC12CC3C4CC5(C#CC(=O)NCC)CC3C(C1)C(C5)C4C2.C#CC12CC3C4CC5(C#CC(=O)OCC(C)C)CC3C(C1)C(C5)C4C2.C#CC12CC3C4CC5(C#CC(=O)OCCc6ccccc6)CC3C(C1)C(C5)C4C2.C#CC12CC3C4CC5(C#CC(=O)c6ccccc6CO)CC3C(C1)C(C5)C4C2.C#CC12CC3CC(C1)CC(C#CC(=O)OCC(C)C)(C3)C2.C#CC12CC3CC(C1)CC(C#C[Si](C)(C)C(C)(C)C)(C3)C2. The van der Waals surface area contributed by atoms with Crippen LogP contribution in [-0.2, 0) is 46.4 Å². The fourth-order valence-electron chi connectivity index (χ4n) is 42.2. The van der Waals surface area contributed by atoms with E-state index in [0.29, 0.717) is 66.2 Å². The van der Waals surface area contributed by atoms with Crippen molar-refractivity contribution < 1.29 is 43.3 Å². The highest BCUT2D eigenvalue weighted by Gasteiger charge is 2.76. The number of hydrogen-bond acceptors (Lipinski definition) is 9. The Morgan fingerprint density at radius 2 is 0.619 bits per heavy atom. The number of rotatable bonds is 10. The Morgan fingerprint density at radius 1 is 0.354 bits per heavy atom. The van der Waals surface area contributed by atoms with Gasteiger partial charge in [0.2, 0.25) is 5.78 Å². The minimum absolute atomic E-state index is 0.0205. The van der Waals surface area contributed by atoms with Crippen molar-refractivity contribution >= 4 is 37.7 Å². The molecule has 36 saturated carbocycles. The predicted octanol–water partition coefficient (Wildman–Crippen LogP) is 24.0. The molecule has 0 aliphatic heterocycles. The van der Waals surface area contributed by atoms with Gasteiger partial charge in [-0.3, -0.25) is 9.59 Å². The number of amides is 1. The molecule has 38 rings (SSSR count). The Balaban J connectivity index is 0.0000000976. The van der Waals surface area contributed by atoms with Gasteiger partial charge in [-0.15, -0.1) is 50.0 Å². The van der Waals surface area contributed by atoms with E-state index in [1.807, 2.05) is 65.0 Å². The number of benzene rings is 2. The standard InChI is InChI=1S/C27H28O2.C26H26O2.C23H28O2.C21H25NO.C20H30Si.C19H24O2/c1-2-26-12-19-22-15-27(16-23(19)21(14-26)24(17-27)20(22)13-26)10-8-25(28)29-11-9-18-6-4-3-5-7-18;1-2-25-9-18-21-12-26(8-7-24(28)17-6-4-3-5-16(17)15-27)13-22(18)20(11-25)23(14-26)19(21)10-25;1-4-22-7-15-18-10-23(6-5-21(24)25-13-14(2)3)11-19(15)17(9-22)20(12-23)16(18)8-22;1-3-20-7-13-16-10-21(6-5-19(23)22-4-2)11-17(13)15(9-20)18(12-21)14(16)8-20;1-7-19-11-16-10-17(12-19)14-20(13-16,15-19)8-9-21(5,6)18(2,3)4;1-4-18-8-15-7-16(9-18)11-19(10-15,13-18)6-5-17(20)21-12-14(2)3/h1,3-7,19-24H,9,11-17H2;1,3-6,18-23,27H,9-15H2;1,14-20H,7-13H2,2-3H3;1,13-18H,4,7-12H2,2H3,(H,22,23);1,16-17H,10-15H2,2-6H3;1,14-16H,7-13H2,2-3H3. The first-order valence-electron chi connectivity index (χ1n) is 58.4. The van der Waals surface area contributed by atoms with Crippen molar-refractivity contribution in [2.45, 2.75) is 318 Å². The van der Waals surface area contributed by atoms with Gasteiger partial charge in [-0.25, -0.2) is 14.4 Å². The Bertz CT molecular complexity index is 6050. The van der Waals surface area contributed by atoms with Gasteiger partial charge in [-0.1, -0.05) is 175 Å². The maximum Gasteiger partial charge on any atom is 0.384 e. The number of Topliss-reactive ketones (excluding diaryl/α,β-unsaturated/α-hetero) is 1. The number of aliphatic hydroxyl groups excluding tert-OH is 1. The van der Waals surface area contributed by atoms with Crippen LogP contribution in [0.5, 0.6) is 0 Å². The molecule has 2 aromatic rings. The minimum atomic E-state index is -1.50. The molecule has 36 fully saturated rings. The summed E-state index contributed by atoms with van der Waals surface area (Å²) in [6.45, 7) is 23.9. The lowest BCUT2D eigenvalue weighted by Crippen LogP contribution is -2.67. The molecule has 0 saturated heterocycles. The van der Waals surface area contributed by atoms with E-state index in [0.717, 1.165) is 180 Å². The van der Waals surface area contributed by atoms with Crippen LogP contribution in [0.3, 0.4) is 0 Å². The van der Waals surface area contributed by atoms with Gasteiger partial charge in [0.05, 0.1) is 26.4 Å². The molecule has 40 bridgehead atoms. The molecular formula is C136H161NO9Si. The van der Waals surface area contributed by atoms with Crippen molar-refractivity contribution in [1.29, 1.82) is 0 Å². The number of carbonyl (C=O) groups excluding carboxylic acids is 5. The molecule has 4 atom stereocenters. The molecule has 147 heavy (non-hydrogen) atoms. The van der Waals surface area contributed by atoms with Crippen LogP contribution in [0.4, 0.5) is 0 Å². The zero-order valence-electron chi connectivity index (χ0n) is 89.9. The number of terminal acetylenes is 6. The smallest absolute Gasteiger partial charge is 0.384 e. The number of ether oxygens (including phenoxy) is 3. The van der Waals surface area contributed by atoms with Crippen molar-refractivity contribution in [3.63, 3.8) is 0 Å². The Morgan fingerprint density at radius 3 is 0.912 bits per heavy atom. The van der Waals surface area contributed by atoms with Crippen molar-refractivity contribution in [2.24, 2.45) is 243 Å². The monoisotopic (exact) mass is 1980 g/mol. The third kappa shape index (κ3) is 17.7. The molecule has 768 valence electrons. The molecule has 10 nitrogen and oxygen atoms in total. The van der Waals surface area contributed by atoms with Gasteiger partial charge < -0.3 is 24.6 Å². The molecule has 0 radical (unpaired) electrons. The summed E-state index contributed by atoms with van der Waals surface area (Å²) in [6.07, 6.45) is 80.6. The van der Waals surface area contributed by atoms with Crippen LogP contribution in [0.25, 0.3) is 0 Å². The number of nitrogens with one attached hydrogen (secondary N) is 1. The summed E-state index contributed by atoms with van der Waals surface area (Å²) >= 11 is 0. The van der Waals surface area contributed by atoms with Crippen LogP contribution < -0.4 is 5.32 Å².